The highest BCUT2D eigenvalue weighted by atomic mass is 16.5. The second kappa shape index (κ2) is 3.94. The number of imidazole rings is 1. The van der Waals surface area contributed by atoms with Crippen molar-refractivity contribution in [3.8, 4) is 0 Å². The van der Waals surface area contributed by atoms with Gasteiger partial charge in [-0.1, -0.05) is 6.92 Å². The summed E-state index contributed by atoms with van der Waals surface area (Å²) >= 11 is 0. The second-order valence-corrected chi connectivity index (χ2v) is 4.95. The zero-order valence-electron chi connectivity index (χ0n) is 9.71. The molecule has 1 N–H and O–H groups in total. The number of aryl methyl sites for hydroxylation is 1. The Hall–Kier alpha value is -0.870. The number of aromatic amines is 1. The highest BCUT2D eigenvalue weighted by Gasteiger charge is 2.34. The lowest BCUT2D eigenvalue weighted by molar-refractivity contribution is -0.113. The number of H-pyrrole nitrogens is 1. The molecule has 1 aromatic heterocycles. The maximum atomic E-state index is 5.25. The Morgan fingerprint density at radius 2 is 2.33 bits per heavy atom. The third-order valence-electron chi connectivity index (χ3n) is 2.91. The molecule has 0 spiro atoms. The standard InChI is InChI=1S/C11H19N3O/c1-9-10(13-8-12-9)4-14(3)5-11(2)6-15-7-11/h8H,4-7H2,1-3H3,(H,12,13). The number of ether oxygens (including phenoxy) is 1. The molecule has 1 aliphatic heterocycles. The molecule has 0 atom stereocenters. The third kappa shape index (κ3) is 2.38. The van der Waals surface area contributed by atoms with E-state index < -0.39 is 0 Å². The lowest BCUT2D eigenvalue weighted by Gasteiger charge is -2.40. The molecule has 1 fully saturated rings. The van der Waals surface area contributed by atoms with Crippen LogP contribution in [0.5, 0.6) is 0 Å². The zero-order valence-corrected chi connectivity index (χ0v) is 9.71. The third-order valence-corrected chi connectivity index (χ3v) is 2.91. The maximum absolute atomic E-state index is 5.25. The Morgan fingerprint density at radius 1 is 1.60 bits per heavy atom. The van der Waals surface area contributed by atoms with Gasteiger partial charge in [-0.25, -0.2) is 4.98 Å². The van der Waals surface area contributed by atoms with Crippen molar-refractivity contribution in [3.05, 3.63) is 17.7 Å². The molecule has 0 saturated carbocycles. The summed E-state index contributed by atoms with van der Waals surface area (Å²) in [4.78, 5) is 9.71. The van der Waals surface area contributed by atoms with Gasteiger partial charge in [0.15, 0.2) is 0 Å². The van der Waals surface area contributed by atoms with E-state index in [0.29, 0.717) is 5.41 Å². The van der Waals surface area contributed by atoms with Gasteiger partial charge in [-0.05, 0) is 14.0 Å². The lowest BCUT2D eigenvalue weighted by Crippen LogP contribution is -2.47. The van der Waals surface area contributed by atoms with Gasteiger partial charge in [-0.15, -0.1) is 0 Å². The molecular formula is C11H19N3O. The Morgan fingerprint density at radius 3 is 2.80 bits per heavy atom. The first-order chi connectivity index (χ1) is 7.09. The number of nitrogens with one attached hydrogen (secondary N) is 1. The largest absolute Gasteiger partial charge is 0.380 e. The fourth-order valence-electron chi connectivity index (χ4n) is 2.05. The van der Waals surface area contributed by atoms with Crippen LogP contribution in [0.15, 0.2) is 6.33 Å². The molecule has 2 rings (SSSR count). The Labute approximate surface area is 90.6 Å². The van der Waals surface area contributed by atoms with Gasteiger partial charge in [-0.3, -0.25) is 4.90 Å². The molecule has 0 unspecified atom stereocenters. The summed E-state index contributed by atoms with van der Waals surface area (Å²) in [7, 11) is 2.14. The van der Waals surface area contributed by atoms with Crippen LogP contribution in [-0.2, 0) is 11.3 Å². The molecule has 0 aromatic carbocycles. The molecule has 0 aliphatic carbocycles. The van der Waals surface area contributed by atoms with Gasteiger partial charge in [-0.2, -0.15) is 0 Å². The lowest BCUT2D eigenvalue weighted by atomic mass is 9.88. The van der Waals surface area contributed by atoms with Crippen molar-refractivity contribution in [3.63, 3.8) is 0 Å². The van der Waals surface area contributed by atoms with Gasteiger partial charge < -0.3 is 9.72 Å². The van der Waals surface area contributed by atoms with Gasteiger partial charge in [0, 0.05) is 24.2 Å². The van der Waals surface area contributed by atoms with Crippen LogP contribution in [0.3, 0.4) is 0 Å². The predicted octanol–water partition coefficient (Wildman–Crippen LogP) is 1.19. The molecule has 0 bridgehead atoms. The average molecular weight is 209 g/mol. The summed E-state index contributed by atoms with van der Waals surface area (Å²) in [6.45, 7) is 8.08. The summed E-state index contributed by atoms with van der Waals surface area (Å²) < 4.78 is 5.25. The molecule has 1 aromatic rings. The van der Waals surface area contributed by atoms with Gasteiger partial charge in [0.25, 0.3) is 0 Å². The smallest absolute Gasteiger partial charge is 0.0925 e. The van der Waals surface area contributed by atoms with Crippen molar-refractivity contribution in [1.29, 1.82) is 0 Å². The molecule has 0 amide bonds. The number of hydrogen-bond donors (Lipinski definition) is 1. The highest BCUT2D eigenvalue weighted by molar-refractivity contribution is 5.08. The van der Waals surface area contributed by atoms with E-state index in [1.165, 1.54) is 0 Å². The summed E-state index contributed by atoms with van der Waals surface area (Å²) in [5.41, 5.74) is 2.65. The molecule has 1 saturated heterocycles. The number of nitrogens with zero attached hydrogens (tertiary/aromatic N) is 2. The van der Waals surface area contributed by atoms with Crippen molar-refractivity contribution in [1.82, 2.24) is 14.9 Å². The van der Waals surface area contributed by atoms with E-state index in [1.807, 2.05) is 0 Å². The van der Waals surface area contributed by atoms with Gasteiger partial charge in [0.05, 0.1) is 25.2 Å². The van der Waals surface area contributed by atoms with Crippen LogP contribution in [0.25, 0.3) is 0 Å². The van der Waals surface area contributed by atoms with Crippen LogP contribution in [0, 0.1) is 12.3 Å². The fraction of sp³-hybridized carbons (Fsp3) is 0.727. The molecule has 4 heteroatoms. The van der Waals surface area contributed by atoms with Crippen molar-refractivity contribution in [2.24, 2.45) is 5.41 Å². The van der Waals surface area contributed by atoms with Crippen LogP contribution in [-0.4, -0.2) is 41.7 Å². The summed E-state index contributed by atoms with van der Waals surface area (Å²) in [6.07, 6.45) is 1.76. The topological polar surface area (TPSA) is 41.2 Å². The van der Waals surface area contributed by atoms with E-state index in [4.69, 9.17) is 4.74 Å². The summed E-state index contributed by atoms with van der Waals surface area (Å²) in [5, 5.41) is 0. The van der Waals surface area contributed by atoms with Crippen LogP contribution < -0.4 is 0 Å². The average Bonchev–Trinajstić information content (AvgIpc) is 2.49. The quantitative estimate of drug-likeness (QED) is 0.809. The predicted molar refractivity (Wildman–Crippen MR) is 58.6 cm³/mol. The molecule has 15 heavy (non-hydrogen) atoms. The van der Waals surface area contributed by atoms with Gasteiger partial charge >= 0.3 is 0 Å². The minimum Gasteiger partial charge on any atom is -0.380 e. The molecule has 0 radical (unpaired) electrons. The van der Waals surface area contributed by atoms with E-state index in [1.54, 1.807) is 6.33 Å². The van der Waals surface area contributed by atoms with E-state index in [9.17, 15) is 0 Å². The first-order valence-corrected chi connectivity index (χ1v) is 5.34. The Balaban J connectivity index is 1.87. The van der Waals surface area contributed by atoms with Crippen LogP contribution in [0.1, 0.15) is 18.3 Å². The minimum atomic E-state index is 0.346. The second-order valence-electron chi connectivity index (χ2n) is 4.95. The first-order valence-electron chi connectivity index (χ1n) is 5.34. The first kappa shape index (κ1) is 10.6. The van der Waals surface area contributed by atoms with E-state index >= 15 is 0 Å². The Kier molecular flexibility index (Phi) is 2.80. The van der Waals surface area contributed by atoms with Crippen molar-refractivity contribution < 1.29 is 4.74 Å². The van der Waals surface area contributed by atoms with E-state index in [2.05, 4.69) is 35.8 Å². The van der Waals surface area contributed by atoms with Crippen LogP contribution >= 0.6 is 0 Å². The van der Waals surface area contributed by atoms with E-state index in [-0.39, 0.29) is 0 Å². The maximum Gasteiger partial charge on any atom is 0.0925 e. The normalized spacial score (nSPS) is 19.2. The molecular weight excluding hydrogens is 190 g/mol. The zero-order chi connectivity index (χ0) is 10.9. The van der Waals surface area contributed by atoms with Gasteiger partial charge in [0.1, 0.15) is 0 Å². The fourth-order valence-corrected chi connectivity index (χ4v) is 2.05. The monoisotopic (exact) mass is 209 g/mol. The van der Waals surface area contributed by atoms with Crippen molar-refractivity contribution in [2.75, 3.05) is 26.8 Å². The Bertz CT molecular complexity index is 330. The van der Waals surface area contributed by atoms with Crippen LogP contribution in [0.4, 0.5) is 0 Å². The number of aromatic nitrogens is 2. The molecule has 4 nitrogen and oxygen atoms in total. The summed E-state index contributed by atoms with van der Waals surface area (Å²) in [5.74, 6) is 0. The SMILES string of the molecule is Cc1[nH]cnc1CN(C)CC1(C)COC1. The van der Waals surface area contributed by atoms with E-state index in [0.717, 1.165) is 37.7 Å². The molecule has 1 aliphatic rings. The van der Waals surface area contributed by atoms with Crippen molar-refractivity contribution >= 4 is 0 Å². The van der Waals surface area contributed by atoms with Crippen LogP contribution in [0.2, 0.25) is 0 Å². The van der Waals surface area contributed by atoms with Gasteiger partial charge in [0.2, 0.25) is 0 Å². The number of hydrogen-bond acceptors (Lipinski definition) is 3. The highest BCUT2D eigenvalue weighted by Crippen LogP contribution is 2.27. The number of rotatable bonds is 4. The molecule has 2 heterocycles. The summed E-state index contributed by atoms with van der Waals surface area (Å²) in [6, 6.07) is 0. The van der Waals surface area contributed by atoms with Crippen molar-refractivity contribution in [2.45, 2.75) is 20.4 Å². The minimum absolute atomic E-state index is 0.346. The molecule has 84 valence electrons.